The highest BCUT2D eigenvalue weighted by atomic mass is 32.1. The number of nitriles is 1. The highest BCUT2D eigenvalue weighted by Gasteiger charge is 2.26. The van der Waals surface area contributed by atoms with Crippen LogP contribution in [0.5, 0.6) is 0 Å². The van der Waals surface area contributed by atoms with Gasteiger partial charge in [-0.1, -0.05) is 0 Å². The Kier molecular flexibility index (Phi) is 5.90. The normalized spacial score (nSPS) is 14.8. The summed E-state index contributed by atoms with van der Waals surface area (Å²) in [6, 6.07) is 1.94. The van der Waals surface area contributed by atoms with Crippen LogP contribution in [-0.4, -0.2) is 30.6 Å². The number of aromatic nitrogens is 1. The first-order chi connectivity index (χ1) is 10.2. The smallest absolute Gasteiger partial charge is 0.262 e. The van der Waals surface area contributed by atoms with Crippen LogP contribution in [-0.2, 0) is 9.53 Å². The van der Waals surface area contributed by atoms with Crippen LogP contribution in [0.2, 0.25) is 0 Å². The molecule has 1 heterocycles. The van der Waals surface area contributed by atoms with Crippen molar-refractivity contribution in [3.05, 3.63) is 21.7 Å². The monoisotopic (exact) mass is 305 g/mol. The molecule has 0 saturated heterocycles. The number of nitrogens with zero attached hydrogens (tertiary/aromatic N) is 2. The second-order valence-corrected chi connectivity index (χ2v) is 5.75. The topological polar surface area (TPSA) is 75.0 Å². The fourth-order valence-electron chi connectivity index (χ4n) is 1.80. The van der Waals surface area contributed by atoms with E-state index in [4.69, 9.17) is 10.00 Å². The van der Waals surface area contributed by atoms with Crippen molar-refractivity contribution in [2.45, 2.75) is 32.1 Å². The van der Waals surface area contributed by atoms with Gasteiger partial charge in [-0.05, 0) is 32.3 Å². The molecule has 1 aromatic rings. The third-order valence-electron chi connectivity index (χ3n) is 3.08. The molecule has 21 heavy (non-hydrogen) atoms. The number of rotatable bonds is 8. The van der Waals surface area contributed by atoms with Gasteiger partial charge in [0.2, 0.25) is 0 Å². The number of ether oxygens (including phenoxy) is 1. The fourth-order valence-corrected chi connectivity index (χ4v) is 2.75. The molecular weight excluding hydrogens is 286 g/mol. The maximum absolute atomic E-state index is 11.9. The highest BCUT2D eigenvalue weighted by Crippen LogP contribution is 2.41. The molecule has 1 aromatic heterocycles. The third kappa shape index (κ3) is 4.96. The third-order valence-corrected chi connectivity index (χ3v) is 4.10. The second-order valence-electron chi connectivity index (χ2n) is 4.86. The van der Waals surface area contributed by atoms with Crippen molar-refractivity contribution in [1.82, 2.24) is 10.3 Å². The molecule has 0 bridgehead atoms. The van der Waals surface area contributed by atoms with Crippen LogP contribution in [0.15, 0.2) is 11.0 Å². The molecule has 1 fully saturated rings. The van der Waals surface area contributed by atoms with Crippen molar-refractivity contribution in [3.63, 3.8) is 0 Å². The molecule has 0 atom stereocenters. The lowest BCUT2D eigenvalue weighted by molar-refractivity contribution is -0.117. The van der Waals surface area contributed by atoms with Crippen LogP contribution in [0.3, 0.4) is 0 Å². The maximum atomic E-state index is 11.9. The Morgan fingerprint density at radius 1 is 1.67 bits per heavy atom. The van der Waals surface area contributed by atoms with E-state index in [1.165, 1.54) is 12.8 Å². The van der Waals surface area contributed by atoms with Gasteiger partial charge in [0.25, 0.3) is 5.91 Å². The average molecular weight is 305 g/mol. The molecule has 112 valence electrons. The minimum atomic E-state index is -0.352. The Morgan fingerprint density at radius 3 is 3.14 bits per heavy atom. The number of thiazole rings is 1. The van der Waals surface area contributed by atoms with Gasteiger partial charge < -0.3 is 10.1 Å². The number of amides is 1. The van der Waals surface area contributed by atoms with Gasteiger partial charge in [-0.3, -0.25) is 4.79 Å². The lowest BCUT2D eigenvalue weighted by atomic mass is 10.2. The van der Waals surface area contributed by atoms with Crippen LogP contribution < -0.4 is 5.32 Å². The largest absolute Gasteiger partial charge is 0.382 e. The van der Waals surface area contributed by atoms with Crippen LogP contribution in [0.4, 0.5) is 0 Å². The molecule has 5 nitrogen and oxygen atoms in total. The molecule has 0 aliphatic heterocycles. The van der Waals surface area contributed by atoms with E-state index in [1.54, 1.807) is 17.4 Å². The van der Waals surface area contributed by atoms with E-state index >= 15 is 0 Å². The van der Waals surface area contributed by atoms with E-state index in [9.17, 15) is 4.79 Å². The minimum absolute atomic E-state index is 0.0963. The summed E-state index contributed by atoms with van der Waals surface area (Å²) >= 11 is 1.60. The number of nitrogens with one attached hydrogen (secondary N) is 1. The van der Waals surface area contributed by atoms with Gasteiger partial charge in [-0.15, -0.1) is 11.3 Å². The number of carbonyl (C=O) groups excluding carboxylic acids is 1. The van der Waals surface area contributed by atoms with E-state index in [1.807, 2.05) is 18.4 Å². The Hall–Kier alpha value is -1.71. The van der Waals surface area contributed by atoms with Crippen LogP contribution in [0.1, 0.15) is 42.8 Å². The summed E-state index contributed by atoms with van der Waals surface area (Å²) in [5, 5.41) is 14.8. The Labute approximate surface area is 128 Å². The fraction of sp³-hybridized carbons (Fsp3) is 0.533. The van der Waals surface area contributed by atoms with Crippen LogP contribution in [0, 0.1) is 11.3 Å². The van der Waals surface area contributed by atoms with Crippen molar-refractivity contribution < 1.29 is 9.53 Å². The number of carbonyl (C=O) groups is 1. The molecule has 1 aliphatic rings. The second kappa shape index (κ2) is 7.91. The first-order valence-corrected chi connectivity index (χ1v) is 8.05. The molecule has 0 aromatic carbocycles. The van der Waals surface area contributed by atoms with Gasteiger partial charge in [0, 0.05) is 31.1 Å². The van der Waals surface area contributed by atoms with E-state index in [0.29, 0.717) is 31.4 Å². The first-order valence-electron chi connectivity index (χ1n) is 7.17. The zero-order valence-corrected chi connectivity index (χ0v) is 12.9. The molecule has 1 amide bonds. The molecule has 0 radical (unpaired) electrons. The van der Waals surface area contributed by atoms with Crippen molar-refractivity contribution in [2.75, 3.05) is 19.8 Å². The standard InChI is InChI=1S/C15H19N3O2S/c1-2-20-7-3-6-17-14(19)12(9-16)8-13-10-21-15(18-13)11-4-5-11/h8,10-11H,2-7H2,1H3,(H,17,19). The predicted molar refractivity (Wildman–Crippen MR) is 81.8 cm³/mol. The zero-order valence-electron chi connectivity index (χ0n) is 12.1. The zero-order chi connectivity index (χ0) is 15.1. The molecular formula is C15H19N3O2S. The average Bonchev–Trinajstić information content (AvgIpc) is 3.24. The summed E-state index contributed by atoms with van der Waals surface area (Å²) < 4.78 is 5.19. The van der Waals surface area contributed by atoms with Gasteiger partial charge in [0.1, 0.15) is 11.6 Å². The number of hydrogen-bond donors (Lipinski definition) is 1. The highest BCUT2D eigenvalue weighted by molar-refractivity contribution is 7.09. The van der Waals surface area contributed by atoms with E-state index in [-0.39, 0.29) is 11.5 Å². The molecule has 0 unspecified atom stereocenters. The van der Waals surface area contributed by atoms with Gasteiger partial charge in [0.15, 0.2) is 0 Å². The van der Waals surface area contributed by atoms with Crippen molar-refractivity contribution in [2.24, 2.45) is 0 Å². The van der Waals surface area contributed by atoms with Crippen molar-refractivity contribution in [1.29, 1.82) is 5.26 Å². The first kappa shape index (κ1) is 15.7. The predicted octanol–water partition coefficient (Wildman–Crippen LogP) is 2.47. The van der Waals surface area contributed by atoms with Crippen molar-refractivity contribution in [3.8, 4) is 6.07 Å². The molecule has 0 spiro atoms. The summed E-state index contributed by atoms with van der Waals surface area (Å²) in [7, 11) is 0. The summed E-state index contributed by atoms with van der Waals surface area (Å²) in [4.78, 5) is 16.4. The van der Waals surface area contributed by atoms with Gasteiger partial charge in [0.05, 0.1) is 10.7 Å². The van der Waals surface area contributed by atoms with Crippen LogP contribution >= 0.6 is 11.3 Å². The van der Waals surface area contributed by atoms with Gasteiger partial charge >= 0.3 is 0 Å². The summed E-state index contributed by atoms with van der Waals surface area (Å²) in [5.41, 5.74) is 0.793. The van der Waals surface area contributed by atoms with E-state index in [2.05, 4.69) is 10.3 Å². The SMILES string of the molecule is CCOCCCNC(=O)C(C#N)=Cc1csc(C2CC2)n1. The van der Waals surface area contributed by atoms with Crippen molar-refractivity contribution >= 4 is 23.3 Å². The lowest BCUT2D eigenvalue weighted by Crippen LogP contribution is -2.26. The molecule has 6 heteroatoms. The van der Waals surface area contributed by atoms with Gasteiger partial charge in [-0.2, -0.15) is 5.26 Å². The van der Waals surface area contributed by atoms with Crippen LogP contribution in [0.25, 0.3) is 6.08 Å². The van der Waals surface area contributed by atoms with E-state index < -0.39 is 0 Å². The number of hydrogen-bond acceptors (Lipinski definition) is 5. The molecule has 1 aliphatic carbocycles. The molecule has 2 rings (SSSR count). The van der Waals surface area contributed by atoms with E-state index in [0.717, 1.165) is 11.4 Å². The maximum Gasteiger partial charge on any atom is 0.262 e. The van der Waals surface area contributed by atoms with Gasteiger partial charge in [-0.25, -0.2) is 4.98 Å². The quantitative estimate of drug-likeness (QED) is 0.455. The minimum Gasteiger partial charge on any atom is -0.382 e. The molecule has 1 N–H and O–H groups in total. The Balaban J connectivity index is 1.86. The summed E-state index contributed by atoms with van der Waals surface area (Å²) in [6.45, 7) is 3.71. The Bertz CT molecular complexity index is 556. The Morgan fingerprint density at radius 2 is 2.48 bits per heavy atom. The summed E-state index contributed by atoms with van der Waals surface area (Å²) in [6.07, 6.45) is 4.69. The molecule has 1 saturated carbocycles. The summed E-state index contributed by atoms with van der Waals surface area (Å²) in [5.74, 6) is 0.241. The lowest BCUT2D eigenvalue weighted by Gasteiger charge is -2.04.